The first-order valence-corrected chi connectivity index (χ1v) is 6.36. The van der Waals surface area contributed by atoms with Crippen LogP contribution in [0.25, 0.3) is 0 Å². The lowest BCUT2D eigenvalue weighted by Gasteiger charge is -2.16. The zero-order valence-corrected chi connectivity index (χ0v) is 12.5. The first-order valence-electron chi connectivity index (χ1n) is 5.56. The predicted molar refractivity (Wildman–Crippen MR) is 73.0 cm³/mol. The summed E-state index contributed by atoms with van der Waals surface area (Å²) < 4.78 is 27.5. The zero-order chi connectivity index (χ0) is 14.2. The maximum Gasteiger partial charge on any atom is 0.308 e. The van der Waals surface area contributed by atoms with E-state index in [1.54, 1.807) is 0 Å². The summed E-state index contributed by atoms with van der Waals surface area (Å²) in [5.41, 5.74) is -0.644. The quantitative estimate of drug-likeness (QED) is 0.871. The lowest BCUT2D eigenvalue weighted by Crippen LogP contribution is -2.31. The molecule has 1 atom stereocenters. The number of nitrogens with zero attached hydrogens (tertiary/aromatic N) is 1. The van der Waals surface area contributed by atoms with Crippen LogP contribution in [-0.2, 0) is 4.79 Å². The number of carbonyl (C=O) groups is 2. The number of hydrogen-bond acceptors (Lipinski definition) is 2. The van der Waals surface area contributed by atoms with Gasteiger partial charge >= 0.3 is 5.97 Å². The van der Waals surface area contributed by atoms with Crippen LogP contribution in [0.5, 0.6) is 0 Å². The van der Waals surface area contributed by atoms with E-state index >= 15 is 0 Å². The van der Waals surface area contributed by atoms with Gasteiger partial charge in [-0.1, -0.05) is 15.9 Å². The SMILES string of the molecule is Cl.O=C(O)C1CCN(C(=O)c2c(F)cc(Br)cc2F)C1. The molecular weight excluding hydrogens is 359 g/mol. The molecule has 1 aliphatic heterocycles. The second kappa shape index (κ2) is 6.49. The molecule has 8 heteroatoms. The van der Waals surface area contributed by atoms with Gasteiger partial charge in [-0.3, -0.25) is 9.59 Å². The molecule has 2 rings (SSSR count). The van der Waals surface area contributed by atoms with E-state index < -0.39 is 35.0 Å². The molecule has 0 aromatic heterocycles. The normalized spacial score (nSPS) is 17.8. The van der Waals surface area contributed by atoms with Gasteiger partial charge in [0, 0.05) is 17.6 Å². The predicted octanol–water partition coefficient (Wildman–Crippen LogP) is 2.70. The van der Waals surface area contributed by atoms with E-state index in [1.807, 2.05) is 0 Å². The Morgan fingerprint density at radius 1 is 1.30 bits per heavy atom. The van der Waals surface area contributed by atoms with E-state index in [2.05, 4.69) is 15.9 Å². The largest absolute Gasteiger partial charge is 0.481 e. The highest BCUT2D eigenvalue weighted by Gasteiger charge is 2.33. The van der Waals surface area contributed by atoms with Crippen molar-refractivity contribution < 1.29 is 23.5 Å². The smallest absolute Gasteiger partial charge is 0.308 e. The third-order valence-electron chi connectivity index (χ3n) is 3.05. The van der Waals surface area contributed by atoms with Crippen molar-refractivity contribution in [2.75, 3.05) is 13.1 Å². The number of carbonyl (C=O) groups excluding carboxylic acids is 1. The first kappa shape index (κ1) is 16.8. The van der Waals surface area contributed by atoms with Crippen molar-refractivity contribution in [3.05, 3.63) is 33.8 Å². The summed E-state index contributed by atoms with van der Waals surface area (Å²) in [5.74, 6) is -4.42. The number of amides is 1. The minimum absolute atomic E-state index is 0. The summed E-state index contributed by atoms with van der Waals surface area (Å²) in [5, 5.41) is 8.84. The van der Waals surface area contributed by atoms with Crippen molar-refractivity contribution in [2.24, 2.45) is 5.92 Å². The number of carboxylic acid groups (broad SMARTS) is 1. The van der Waals surface area contributed by atoms with Gasteiger partial charge in [0.05, 0.1) is 5.92 Å². The average Bonchev–Trinajstić information content (AvgIpc) is 2.76. The summed E-state index contributed by atoms with van der Waals surface area (Å²) in [6, 6.07) is 2.00. The molecular formula is C12H11BrClF2NO3. The Morgan fingerprint density at radius 3 is 2.30 bits per heavy atom. The summed E-state index contributed by atoms with van der Waals surface area (Å²) in [4.78, 5) is 24.0. The van der Waals surface area contributed by atoms with E-state index in [-0.39, 0.29) is 30.0 Å². The first-order chi connectivity index (χ1) is 8.90. The minimum atomic E-state index is -1.01. The fourth-order valence-electron chi connectivity index (χ4n) is 2.05. The molecule has 1 N–H and O–H groups in total. The van der Waals surface area contributed by atoms with Crippen LogP contribution in [0.1, 0.15) is 16.8 Å². The Bertz CT molecular complexity index is 532. The van der Waals surface area contributed by atoms with E-state index in [1.165, 1.54) is 0 Å². The Labute approximate surface area is 128 Å². The summed E-state index contributed by atoms with van der Waals surface area (Å²) >= 11 is 2.93. The highest BCUT2D eigenvalue weighted by atomic mass is 79.9. The van der Waals surface area contributed by atoms with Gasteiger partial charge in [-0.15, -0.1) is 12.4 Å². The van der Waals surface area contributed by atoms with Gasteiger partial charge in [-0.05, 0) is 18.6 Å². The molecule has 1 amide bonds. The molecule has 1 saturated heterocycles. The molecule has 0 bridgehead atoms. The van der Waals surface area contributed by atoms with Gasteiger partial charge in [0.1, 0.15) is 17.2 Å². The van der Waals surface area contributed by atoms with Crippen molar-refractivity contribution >= 4 is 40.2 Å². The van der Waals surface area contributed by atoms with E-state index in [4.69, 9.17) is 5.11 Å². The lowest BCUT2D eigenvalue weighted by molar-refractivity contribution is -0.141. The summed E-state index contributed by atoms with van der Waals surface area (Å²) in [7, 11) is 0. The van der Waals surface area contributed by atoms with Crippen LogP contribution in [0.4, 0.5) is 8.78 Å². The van der Waals surface area contributed by atoms with Gasteiger partial charge in [-0.2, -0.15) is 0 Å². The van der Waals surface area contributed by atoms with Crippen LogP contribution in [-0.4, -0.2) is 35.0 Å². The minimum Gasteiger partial charge on any atom is -0.481 e. The highest BCUT2D eigenvalue weighted by Crippen LogP contribution is 2.24. The number of halogens is 4. The Morgan fingerprint density at radius 2 is 1.85 bits per heavy atom. The van der Waals surface area contributed by atoms with Crippen LogP contribution in [0.15, 0.2) is 16.6 Å². The molecule has 0 radical (unpaired) electrons. The number of likely N-dealkylation sites (tertiary alicyclic amines) is 1. The van der Waals surface area contributed by atoms with Crippen molar-refractivity contribution in [3.63, 3.8) is 0 Å². The van der Waals surface area contributed by atoms with E-state index in [0.29, 0.717) is 6.42 Å². The van der Waals surface area contributed by atoms with Gasteiger partial charge in [0.2, 0.25) is 0 Å². The topological polar surface area (TPSA) is 57.6 Å². The maximum absolute atomic E-state index is 13.6. The van der Waals surface area contributed by atoms with Gasteiger partial charge < -0.3 is 10.0 Å². The molecule has 1 aromatic rings. The number of benzene rings is 1. The molecule has 0 spiro atoms. The highest BCUT2D eigenvalue weighted by molar-refractivity contribution is 9.10. The van der Waals surface area contributed by atoms with Gasteiger partial charge in [0.15, 0.2) is 0 Å². The fraction of sp³-hybridized carbons (Fsp3) is 0.333. The van der Waals surface area contributed by atoms with Gasteiger partial charge in [-0.25, -0.2) is 8.78 Å². The maximum atomic E-state index is 13.6. The van der Waals surface area contributed by atoms with Crippen molar-refractivity contribution in [1.29, 1.82) is 0 Å². The monoisotopic (exact) mass is 369 g/mol. The second-order valence-electron chi connectivity index (χ2n) is 4.32. The zero-order valence-electron chi connectivity index (χ0n) is 10.1. The molecule has 1 aromatic carbocycles. The lowest BCUT2D eigenvalue weighted by atomic mass is 10.1. The molecule has 1 aliphatic rings. The molecule has 0 aliphatic carbocycles. The average molecular weight is 371 g/mol. The number of hydrogen-bond donors (Lipinski definition) is 1. The Balaban J connectivity index is 0.00000200. The third-order valence-corrected chi connectivity index (χ3v) is 3.50. The van der Waals surface area contributed by atoms with Crippen molar-refractivity contribution in [3.8, 4) is 0 Å². The number of aliphatic carboxylic acids is 1. The van der Waals surface area contributed by atoms with Crippen molar-refractivity contribution in [1.82, 2.24) is 4.90 Å². The van der Waals surface area contributed by atoms with Crippen LogP contribution in [0.3, 0.4) is 0 Å². The van der Waals surface area contributed by atoms with Crippen LogP contribution in [0, 0.1) is 17.6 Å². The Kier molecular flexibility index (Phi) is 5.47. The summed E-state index contributed by atoms with van der Waals surface area (Å²) in [6.07, 6.45) is 0.292. The van der Waals surface area contributed by atoms with Crippen LogP contribution < -0.4 is 0 Å². The number of carboxylic acids is 1. The molecule has 0 saturated carbocycles. The van der Waals surface area contributed by atoms with Gasteiger partial charge in [0.25, 0.3) is 5.91 Å². The second-order valence-corrected chi connectivity index (χ2v) is 5.24. The standard InChI is InChI=1S/C12H10BrF2NO3.ClH/c13-7-3-8(14)10(9(15)4-7)11(17)16-2-1-6(5-16)12(18)19;/h3-4,6H,1-2,5H2,(H,18,19);1H. The van der Waals surface area contributed by atoms with Crippen molar-refractivity contribution in [2.45, 2.75) is 6.42 Å². The molecule has 1 fully saturated rings. The third kappa shape index (κ3) is 3.27. The van der Waals surface area contributed by atoms with E-state index in [0.717, 1.165) is 17.0 Å². The molecule has 20 heavy (non-hydrogen) atoms. The van der Waals surface area contributed by atoms with Crippen LogP contribution >= 0.6 is 28.3 Å². The molecule has 1 unspecified atom stereocenters. The fourth-order valence-corrected chi connectivity index (χ4v) is 2.45. The summed E-state index contributed by atoms with van der Waals surface area (Å²) in [6.45, 7) is 0.161. The Hall–Kier alpha value is -1.21. The number of rotatable bonds is 2. The molecule has 110 valence electrons. The van der Waals surface area contributed by atoms with Crippen LogP contribution in [0.2, 0.25) is 0 Å². The molecule has 4 nitrogen and oxygen atoms in total. The van der Waals surface area contributed by atoms with E-state index in [9.17, 15) is 18.4 Å². The molecule has 1 heterocycles.